The van der Waals surface area contributed by atoms with Crippen molar-refractivity contribution in [3.8, 4) is 6.07 Å². The van der Waals surface area contributed by atoms with Gasteiger partial charge in [-0.25, -0.2) is 22.5 Å². The van der Waals surface area contributed by atoms with E-state index in [2.05, 4.69) is 30.6 Å². The average Bonchev–Trinajstić information content (AvgIpc) is 3.67. The van der Waals surface area contributed by atoms with Crippen LogP contribution in [0.4, 0.5) is 35.9 Å². The van der Waals surface area contributed by atoms with Crippen LogP contribution in [0.1, 0.15) is 94.7 Å². The maximum atomic E-state index is 16.3. The average molecular weight is 860 g/mol. The Hall–Kier alpha value is -5.15. The fraction of sp³-hybridized carbons (Fsp3) is 0.477. The summed E-state index contributed by atoms with van der Waals surface area (Å²) in [6.07, 6.45) is 8.74. The number of hydrogen-bond acceptors (Lipinski definition) is 12. The van der Waals surface area contributed by atoms with Crippen molar-refractivity contribution in [3.63, 3.8) is 0 Å². The highest BCUT2D eigenvalue weighted by atomic mass is 32.2. The van der Waals surface area contributed by atoms with Gasteiger partial charge in [-0.1, -0.05) is 26.3 Å². The third-order valence-corrected chi connectivity index (χ3v) is 13.4. The molecule has 3 aliphatic rings. The minimum absolute atomic E-state index is 0.0400. The van der Waals surface area contributed by atoms with Gasteiger partial charge in [0.15, 0.2) is 5.82 Å². The van der Waals surface area contributed by atoms with Gasteiger partial charge in [0, 0.05) is 43.5 Å². The number of anilines is 4. The lowest BCUT2D eigenvalue weighted by Gasteiger charge is -2.44. The maximum absolute atomic E-state index is 16.3. The van der Waals surface area contributed by atoms with Crippen LogP contribution in [0, 0.1) is 28.8 Å². The van der Waals surface area contributed by atoms with Gasteiger partial charge in [-0.05, 0) is 106 Å². The van der Waals surface area contributed by atoms with Crippen LogP contribution >= 0.6 is 12.1 Å². The lowest BCUT2D eigenvalue weighted by atomic mass is 9.79. The summed E-state index contributed by atoms with van der Waals surface area (Å²) in [4.78, 5) is 43.9. The number of amides is 2. The summed E-state index contributed by atoms with van der Waals surface area (Å²) in [6.45, 7) is 6.55. The van der Waals surface area contributed by atoms with Crippen LogP contribution in [0.15, 0.2) is 53.6 Å². The molecule has 2 atom stereocenters. The molecular formula is C44H52F3N9O4S. The van der Waals surface area contributed by atoms with Crippen molar-refractivity contribution >= 4 is 58.1 Å². The molecule has 2 unspecified atom stereocenters. The number of aromatic nitrogens is 2. The van der Waals surface area contributed by atoms with Crippen molar-refractivity contribution in [2.24, 2.45) is 0 Å². The number of fused-ring (bicyclic) bond motifs is 1. The smallest absolute Gasteiger partial charge is 0.264 e. The number of nitrogens with one attached hydrogen (secondary N) is 4. The molecule has 1 spiro atoms. The van der Waals surface area contributed by atoms with E-state index in [1.165, 1.54) is 53.4 Å². The molecule has 324 valence electrons. The fourth-order valence-electron chi connectivity index (χ4n) is 9.03. The second-order valence-electron chi connectivity index (χ2n) is 16.2. The van der Waals surface area contributed by atoms with Crippen LogP contribution in [0.5, 0.6) is 0 Å². The van der Waals surface area contributed by atoms with Gasteiger partial charge in [0.25, 0.3) is 5.56 Å². The Balaban J connectivity index is 0.965. The molecule has 1 aliphatic carbocycles. The number of imide groups is 1. The fourth-order valence-corrected chi connectivity index (χ4v) is 9.58. The van der Waals surface area contributed by atoms with Crippen molar-refractivity contribution in [1.29, 1.82) is 5.26 Å². The number of hydrogen-bond donors (Lipinski definition) is 4. The first-order valence-corrected chi connectivity index (χ1v) is 21.8. The molecule has 13 nitrogen and oxygen atoms in total. The van der Waals surface area contributed by atoms with Gasteiger partial charge in [-0.3, -0.25) is 24.3 Å². The van der Waals surface area contributed by atoms with E-state index in [9.17, 15) is 19.6 Å². The number of ether oxygens (including phenoxy) is 1. The van der Waals surface area contributed by atoms with Gasteiger partial charge in [-0.2, -0.15) is 5.26 Å². The topological polar surface area (TPSA) is 157 Å². The largest absolute Gasteiger partial charge is 0.374 e. The van der Waals surface area contributed by atoms with Crippen LogP contribution in [-0.4, -0.2) is 82.0 Å². The molecule has 1 aromatic heterocycles. The number of carbonyl (C=O) groups is 2. The first kappa shape index (κ1) is 43.9. The predicted octanol–water partition coefficient (Wildman–Crippen LogP) is 7.73. The minimum atomic E-state index is -0.891. The Morgan fingerprint density at radius 3 is 2.51 bits per heavy atom. The second-order valence-corrected chi connectivity index (χ2v) is 17.2. The number of likely N-dealkylation sites (tertiary alicyclic amines) is 1. The third kappa shape index (κ3) is 9.52. The molecule has 2 aliphatic heterocycles. The monoisotopic (exact) mass is 859 g/mol. The predicted molar refractivity (Wildman–Crippen MR) is 231 cm³/mol. The number of carbonyl (C=O) groups excluding carboxylic acids is 2. The summed E-state index contributed by atoms with van der Waals surface area (Å²) >= 11 is 1.24. The Morgan fingerprint density at radius 2 is 1.82 bits per heavy atom. The van der Waals surface area contributed by atoms with Crippen molar-refractivity contribution in [3.05, 3.63) is 87.7 Å². The number of halogens is 3. The van der Waals surface area contributed by atoms with Gasteiger partial charge >= 0.3 is 0 Å². The highest BCUT2D eigenvalue weighted by Gasteiger charge is 2.45. The maximum Gasteiger partial charge on any atom is 0.264 e. The highest BCUT2D eigenvalue weighted by molar-refractivity contribution is 7.98. The number of rotatable bonds is 15. The van der Waals surface area contributed by atoms with E-state index in [1.54, 1.807) is 12.1 Å². The van der Waals surface area contributed by atoms with Crippen LogP contribution < -0.4 is 26.2 Å². The standard InChI is InChI=1S/C44H52F3N9O4S/c1-4-6-38(42(58)50-26-57)51-28-9-12-31(34(46)21-28)27-7-10-29(11-8-27)55-19-17-44(18-20-55)22-30(24-60-44)56-25-49-36-15-16-37(40(47)39(36)43(56)59)52-41-32(23-48)35(14-13-33(41)45)53-61-54(3)5-2/h9,12-16,21,25-27,29-30,38,51-53H,4-8,10-11,17-20,22,24H2,1-3H3,(H,50,57,58). The van der Waals surface area contributed by atoms with Crippen LogP contribution in [0.2, 0.25) is 0 Å². The van der Waals surface area contributed by atoms with Gasteiger partial charge < -0.3 is 25.0 Å². The number of nitrogens with zero attached hydrogens (tertiary/aromatic N) is 5. The Kier molecular flexibility index (Phi) is 13.9. The van der Waals surface area contributed by atoms with E-state index in [1.807, 2.05) is 31.3 Å². The van der Waals surface area contributed by atoms with E-state index in [-0.39, 0.29) is 52.2 Å². The van der Waals surface area contributed by atoms with E-state index < -0.39 is 34.7 Å². The van der Waals surface area contributed by atoms with E-state index in [4.69, 9.17) is 4.74 Å². The molecule has 4 N–H and O–H groups in total. The normalized spacial score (nSPS) is 20.7. The molecule has 3 heterocycles. The third-order valence-electron chi connectivity index (χ3n) is 12.6. The quantitative estimate of drug-likeness (QED) is 0.0683. The first-order valence-electron chi connectivity index (χ1n) is 21.0. The molecule has 2 saturated heterocycles. The Morgan fingerprint density at radius 1 is 1.07 bits per heavy atom. The molecule has 1 saturated carbocycles. The van der Waals surface area contributed by atoms with E-state index >= 15 is 13.2 Å². The minimum Gasteiger partial charge on any atom is -0.374 e. The summed E-state index contributed by atoms with van der Waals surface area (Å²) in [7, 11) is 1.86. The molecule has 3 aromatic carbocycles. The number of nitriles is 1. The summed E-state index contributed by atoms with van der Waals surface area (Å²) in [5, 5.41) is 17.7. The van der Waals surface area contributed by atoms with Crippen molar-refractivity contribution < 1.29 is 27.5 Å². The zero-order valence-corrected chi connectivity index (χ0v) is 35.4. The zero-order chi connectivity index (χ0) is 43.3. The van der Waals surface area contributed by atoms with E-state index in [0.29, 0.717) is 48.8 Å². The summed E-state index contributed by atoms with van der Waals surface area (Å²) in [5.74, 6) is -2.29. The summed E-state index contributed by atoms with van der Waals surface area (Å²) in [6, 6.07) is 11.9. The molecule has 2 amide bonds. The van der Waals surface area contributed by atoms with Crippen molar-refractivity contribution in [2.75, 3.05) is 48.6 Å². The van der Waals surface area contributed by atoms with Crippen molar-refractivity contribution in [2.45, 2.75) is 101 Å². The lowest BCUT2D eigenvalue weighted by Crippen LogP contribution is -2.49. The Bertz CT molecular complexity index is 2340. The van der Waals surface area contributed by atoms with Crippen LogP contribution in [0.25, 0.3) is 10.9 Å². The van der Waals surface area contributed by atoms with Gasteiger partial charge in [0.05, 0.1) is 47.2 Å². The SMILES string of the molecule is CCCC(Nc1ccc(C2CCC(N3CCC4(CC3)CC(n3cnc5ccc(Nc6c(F)ccc(NSN(C)CC)c6C#N)c(F)c5c3=O)CO4)CC2)c(F)c1)C(=O)NC=O. The molecule has 4 aromatic rings. The number of piperidine rings is 1. The van der Waals surface area contributed by atoms with Gasteiger partial charge in [-0.15, -0.1) is 0 Å². The van der Waals surface area contributed by atoms with Crippen LogP contribution in [-0.2, 0) is 14.3 Å². The molecular weight excluding hydrogens is 808 g/mol. The second kappa shape index (κ2) is 19.3. The lowest BCUT2D eigenvalue weighted by molar-refractivity contribution is -0.125. The molecule has 17 heteroatoms. The molecule has 61 heavy (non-hydrogen) atoms. The van der Waals surface area contributed by atoms with E-state index in [0.717, 1.165) is 58.0 Å². The molecule has 0 bridgehead atoms. The molecule has 3 fully saturated rings. The molecule has 7 rings (SSSR count). The zero-order valence-electron chi connectivity index (χ0n) is 34.6. The number of benzene rings is 3. The van der Waals surface area contributed by atoms with Gasteiger partial charge in [0.2, 0.25) is 12.3 Å². The summed E-state index contributed by atoms with van der Waals surface area (Å²) in [5.41, 5.74) is 0.285. The van der Waals surface area contributed by atoms with Crippen LogP contribution in [0.3, 0.4) is 0 Å². The van der Waals surface area contributed by atoms with Gasteiger partial charge in [0.1, 0.15) is 34.7 Å². The Labute approximate surface area is 357 Å². The first-order chi connectivity index (χ1) is 29.5. The highest BCUT2D eigenvalue weighted by Crippen LogP contribution is 2.43. The molecule has 0 radical (unpaired) electrons. The van der Waals surface area contributed by atoms with Crippen molar-refractivity contribution in [1.82, 2.24) is 24.1 Å². The summed E-state index contributed by atoms with van der Waals surface area (Å²) < 4.78 is 59.6.